The fourth-order valence-corrected chi connectivity index (χ4v) is 13.0. The van der Waals surface area contributed by atoms with Crippen LogP contribution in [0.2, 0.25) is 35.2 Å². The number of carboxylic acids is 2. The number of fused-ring (bicyclic) bond motifs is 1. The maximum atomic E-state index is 13.6. The van der Waals surface area contributed by atoms with Crippen molar-refractivity contribution in [2.75, 3.05) is 36.3 Å². The number of rotatable bonds is 14. The van der Waals surface area contributed by atoms with Gasteiger partial charge in [0.2, 0.25) is 0 Å². The number of aromatic carboxylic acids is 2. The molecular formula is C61H55Cl7F6Li3N5O13S2. The maximum absolute atomic E-state index is 13.6. The van der Waals surface area contributed by atoms with Crippen LogP contribution in [-0.2, 0) is 46.6 Å². The SMILES string of the molecule is C.CC1(C)CCCC(C)(C)[N-]1.COCN(c1cc(Cl)cnc1C1OC(=O)c2cccc(Cl)c21)S(=O)(=O)c1ccc(Cl)c(C(F)(F)F)c1.COCN(c1cc(Cl)cnc1C=O)S(=O)(=O)c1ccc(Cl)c(C(F)(F)F)c1.O=C(O)c1cccc(Cl)c1.O=C([O-])c1[c-]c(Cl)ccc1.[Li+].[Li+].[Li+]. The van der Waals surface area contributed by atoms with Gasteiger partial charge in [0.15, 0.2) is 12.4 Å². The van der Waals surface area contributed by atoms with Crippen LogP contribution in [0.3, 0.4) is 0 Å². The first-order valence-corrected chi connectivity index (χ1v) is 31.9. The summed E-state index contributed by atoms with van der Waals surface area (Å²) in [5.41, 5.74) is -2.38. The molecule has 9 rings (SSSR count). The molecule has 2 aromatic heterocycles. The predicted molar refractivity (Wildman–Crippen MR) is 344 cm³/mol. The van der Waals surface area contributed by atoms with Crippen LogP contribution >= 0.6 is 81.2 Å². The van der Waals surface area contributed by atoms with E-state index in [0.29, 0.717) is 25.8 Å². The van der Waals surface area contributed by atoms with E-state index in [0.717, 1.165) is 36.5 Å². The number of esters is 1. The Morgan fingerprint density at radius 1 is 0.691 bits per heavy atom. The molecule has 0 bridgehead atoms. The number of cyclic esters (lactones) is 1. The number of aromatic nitrogens is 2. The van der Waals surface area contributed by atoms with Crippen LogP contribution in [0.25, 0.3) is 5.32 Å². The maximum Gasteiger partial charge on any atom is 1.00 e. The summed E-state index contributed by atoms with van der Waals surface area (Å²) < 4.78 is 149. The minimum atomic E-state index is -4.91. The topological polar surface area (TPSA) is 254 Å². The van der Waals surface area contributed by atoms with E-state index in [1.165, 1.54) is 82.1 Å². The molecule has 1 unspecified atom stereocenters. The smallest absolute Gasteiger partial charge is 0.652 e. The number of pyridine rings is 2. The van der Waals surface area contributed by atoms with Crippen molar-refractivity contribution < 1.29 is 143 Å². The van der Waals surface area contributed by atoms with Crippen molar-refractivity contribution in [2.45, 2.75) is 93.7 Å². The molecular weight excluding hydrogens is 1460 g/mol. The molecule has 0 saturated carbocycles. The van der Waals surface area contributed by atoms with Gasteiger partial charge in [0.1, 0.15) is 24.8 Å². The number of carbonyl (C=O) groups excluding carboxylic acids is 3. The number of benzene rings is 5. The van der Waals surface area contributed by atoms with E-state index in [4.69, 9.17) is 106 Å². The van der Waals surface area contributed by atoms with Crippen LogP contribution in [0.5, 0.6) is 0 Å². The minimum Gasteiger partial charge on any atom is -0.652 e. The third kappa shape index (κ3) is 24.8. The zero-order valence-corrected chi connectivity index (χ0v) is 59.0. The largest absolute Gasteiger partial charge is 1.00 e. The van der Waals surface area contributed by atoms with Gasteiger partial charge in [-0.1, -0.05) is 136 Å². The van der Waals surface area contributed by atoms with Crippen LogP contribution in [-0.4, -0.2) is 94.9 Å². The van der Waals surface area contributed by atoms with E-state index in [9.17, 15) is 67.5 Å². The third-order valence-corrected chi connectivity index (χ3v) is 18.1. The standard InChI is InChI=1S/C22H14Cl3F3N2O5S.C15H11Cl2F3N2O4S.C9H18N.C7H5ClO2.C7H4ClO2.CH4.3Li/c1-34-10-30(36(32,33)12-5-6-15(24)14(8-12)22(26,27)28)17-7-11(23)9-29-19(17)20-18-13(21(31)35-20)3-2-4-16(18)25;1-26-8-22(14-4-9(16)6-21-13(14)7-23)27(24,25)10-2-3-12(17)11(5-10)15(18,19)20;1-8(2)6-5-7-9(3,4)10-8;2*8-6-3-1-2-5(4-6)7(9)10;;;;/h2-9,20H,10H2,1H3;2-7H,8H2,1H3;5-7H2,1-4H3;1-4H,(H,9,10);1-3H,(H,9,10);1H4;;;/q;;-1;;-1;;3*+1/p-1. The number of piperidine rings is 1. The van der Waals surface area contributed by atoms with Crippen molar-refractivity contribution in [2.24, 2.45) is 0 Å². The normalized spacial score (nSPS) is 14.1. The molecule has 1 atom stereocenters. The van der Waals surface area contributed by atoms with Gasteiger partial charge < -0.3 is 34.5 Å². The van der Waals surface area contributed by atoms with Crippen molar-refractivity contribution in [3.63, 3.8) is 0 Å². The Kier molecular flexibility index (Phi) is 35.7. The summed E-state index contributed by atoms with van der Waals surface area (Å²) in [5, 5.41) is 22.9. The number of hydrogen-bond acceptors (Lipinski definition) is 14. The van der Waals surface area contributed by atoms with E-state index in [2.05, 4.69) is 43.7 Å². The number of halogens is 13. The van der Waals surface area contributed by atoms with Crippen LogP contribution in [0, 0.1) is 6.07 Å². The second kappa shape index (κ2) is 38.3. The van der Waals surface area contributed by atoms with Gasteiger partial charge in [0.05, 0.1) is 63.5 Å². The van der Waals surface area contributed by atoms with Crippen molar-refractivity contribution in [1.82, 2.24) is 9.97 Å². The zero-order valence-electron chi connectivity index (χ0n) is 52.0. The van der Waals surface area contributed by atoms with Crippen LogP contribution in [0.4, 0.5) is 37.7 Å². The molecule has 0 aliphatic carbocycles. The van der Waals surface area contributed by atoms with Gasteiger partial charge in [0.25, 0.3) is 20.0 Å². The summed E-state index contributed by atoms with van der Waals surface area (Å²) in [7, 11) is -6.92. The van der Waals surface area contributed by atoms with E-state index >= 15 is 0 Å². The average molecular weight is 1510 g/mol. The number of anilines is 2. The van der Waals surface area contributed by atoms with Gasteiger partial charge in [-0.25, -0.2) is 40.0 Å². The monoisotopic (exact) mass is 1510 g/mol. The second-order valence-corrected chi connectivity index (χ2v) is 27.3. The third-order valence-electron chi connectivity index (χ3n) is 12.8. The summed E-state index contributed by atoms with van der Waals surface area (Å²) in [6.07, 6.45) is -4.53. The molecule has 36 heteroatoms. The number of carboxylic acid groups (broad SMARTS) is 2. The first kappa shape index (κ1) is 90.3. The van der Waals surface area contributed by atoms with Crippen molar-refractivity contribution in [1.29, 1.82) is 0 Å². The molecule has 18 nitrogen and oxygen atoms in total. The van der Waals surface area contributed by atoms with Crippen molar-refractivity contribution >= 4 is 137 Å². The summed E-state index contributed by atoms with van der Waals surface area (Å²) >= 11 is 40.4. The first-order chi connectivity index (χ1) is 43.2. The Labute approximate surface area is 627 Å². The number of alkyl halides is 6. The molecule has 2 aliphatic rings. The molecule has 1 fully saturated rings. The van der Waals surface area contributed by atoms with E-state index < -0.39 is 101 Å². The summed E-state index contributed by atoms with van der Waals surface area (Å²) in [6.45, 7) is 7.68. The van der Waals surface area contributed by atoms with E-state index in [1.807, 2.05) is 0 Å². The second-order valence-electron chi connectivity index (χ2n) is 20.6. The minimum absolute atomic E-state index is 0. The molecule has 97 heavy (non-hydrogen) atoms. The first-order valence-electron chi connectivity index (χ1n) is 26.3. The van der Waals surface area contributed by atoms with Crippen LogP contribution in [0.15, 0.2) is 131 Å². The number of methoxy groups -OCH3 is 2. The number of sulfonamides is 2. The van der Waals surface area contributed by atoms with Crippen molar-refractivity contribution in [3.8, 4) is 0 Å². The number of ether oxygens (including phenoxy) is 3. The van der Waals surface area contributed by atoms with Gasteiger partial charge >= 0.3 is 80.9 Å². The molecule has 0 amide bonds. The summed E-state index contributed by atoms with van der Waals surface area (Å²) in [6, 6.07) is 24.2. The fraction of sp³-hybridized carbons (Fsp3) is 0.279. The quantitative estimate of drug-likeness (QED) is 0.0277. The van der Waals surface area contributed by atoms with Gasteiger partial charge in [-0.2, -0.15) is 26.3 Å². The van der Waals surface area contributed by atoms with E-state index in [1.54, 1.807) is 24.3 Å². The molecule has 2 aliphatic heterocycles. The number of aldehydes is 1. The van der Waals surface area contributed by atoms with Gasteiger partial charge in [0, 0.05) is 42.2 Å². The number of nitrogens with zero attached hydrogens (tertiary/aromatic N) is 5. The van der Waals surface area contributed by atoms with Gasteiger partial charge in [-0.05, 0) is 89.9 Å². The number of hydrogen-bond donors (Lipinski definition) is 1. The molecule has 0 radical (unpaired) electrons. The summed E-state index contributed by atoms with van der Waals surface area (Å²) in [4.78, 5) is 50.6. The number of carbonyl (C=O) groups is 4. The average Bonchev–Trinajstić information content (AvgIpc) is 1.71. The van der Waals surface area contributed by atoms with E-state index in [-0.39, 0.29) is 146 Å². The summed E-state index contributed by atoms with van der Waals surface area (Å²) in [5.74, 6) is -2.93. The Morgan fingerprint density at radius 3 is 1.58 bits per heavy atom. The molecule has 1 saturated heterocycles. The van der Waals surface area contributed by atoms with Crippen molar-refractivity contribution in [3.05, 3.63) is 213 Å². The van der Waals surface area contributed by atoms with Crippen LogP contribution in [0.1, 0.15) is 124 Å². The fourth-order valence-electron chi connectivity index (χ4n) is 8.83. The van der Waals surface area contributed by atoms with Crippen LogP contribution < -0.4 is 70.3 Å². The Hall–Kier alpha value is -4.74. The molecule has 4 heterocycles. The Morgan fingerprint density at radius 2 is 1.16 bits per heavy atom. The predicted octanol–water partition coefficient (Wildman–Crippen LogP) is 7.43. The Bertz CT molecular complexity index is 4070. The molecule has 0 spiro atoms. The zero-order chi connectivity index (χ0) is 69.8. The molecule has 1 N–H and O–H groups in total. The Balaban J connectivity index is 0.000000671. The molecule has 7 aromatic rings. The molecule has 5 aromatic carbocycles. The van der Waals surface area contributed by atoms with Gasteiger partial charge in [-0.3, -0.25) is 9.78 Å². The molecule has 508 valence electrons. The van der Waals surface area contributed by atoms with Gasteiger partial charge in [-0.15, -0.1) is 52.5 Å².